The lowest BCUT2D eigenvalue weighted by atomic mass is 10.1. The highest BCUT2D eigenvalue weighted by Crippen LogP contribution is 2.25. The monoisotopic (exact) mass is 310 g/mol. The molecule has 98 valence electrons. The maximum Gasteiger partial charge on any atom is 0.231 e. The van der Waals surface area contributed by atoms with Crippen molar-refractivity contribution in [2.45, 2.75) is 38.3 Å². The van der Waals surface area contributed by atoms with Gasteiger partial charge in [-0.2, -0.15) is 0 Å². The fourth-order valence-corrected chi connectivity index (χ4v) is 3.10. The van der Waals surface area contributed by atoms with E-state index in [1.807, 2.05) is 12.1 Å². The molecule has 0 aliphatic heterocycles. The second-order valence-corrected chi connectivity index (χ2v) is 5.86. The molecule has 0 spiro atoms. The Hall–Kier alpha value is -0.870. The van der Waals surface area contributed by atoms with Crippen LogP contribution in [-0.4, -0.2) is 23.4 Å². The highest BCUT2D eigenvalue weighted by molar-refractivity contribution is 9.10. The van der Waals surface area contributed by atoms with Crippen molar-refractivity contribution in [2.75, 3.05) is 6.54 Å². The molecule has 0 aromatic heterocycles. The van der Waals surface area contributed by atoms with E-state index in [1.54, 1.807) is 0 Å². The minimum absolute atomic E-state index is 0.239. The quantitative estimate of drug-likeness (QED) is 0.909. The van der Waals surface area contributed by atoms with Crippen LogP contribution in [0.2, 0.25) is 0 Å². The molecule has 1 aromatic carbocycles. The smallest absolute Gasteiger partial charge is 0.231 e. The summed E-state index contributed by atoms with van der Waals surface area (Å²) in [6.07, 6.45) is 4.89. The number of primary amides is 1. The van der Waals surface area contributed by atoms with Gasteiger partial charge in [0.2, 0.25) is 5.91 Å². The van der Waals surface area contributed by atoms with Gasteiger partial charge in [-0.1, -0.05) is 40.9 Å². The number of halogens is 1. The van der Waals surface area contributed by atoms with Gasteiger partial charge in [-0.05, 0) is 30.5 Å². The summed E-state index contributed by atoms with van der Waals surface area (Å²) in [4.78, 5) is 13.4. The molecule has 1 saturated carbocycles. The minimum Gasteiger partial charge on any atom is -0.369 e. The average molecular weight is 311 g/mol. The second kappa shape index (κ2) is 6.34. The van der Waals surface area contributed by atoms with Gasteiger partial charge < -0.3 is 5.73 Å². The molecule has 1 aliphatic rings. The zero-order chi connectivity index (χ0) is 13.0. The lowest BCUT2D eigenvalue weighted by Crippen LogP contribution is -2.39. The maximum atomic E-state index is 11.2. The van der Waals surface area contributed by atoms with Gasteiger partial charge in [-0.15, -0.1) is 0 Å². The number of amides is 1. The number of nitrogens with two attached hydrogens (primary N) is 1. The summed E-state index contributed by atoms with van der Waals surface area (Å²) in [5.74, 6) is -0.239. The van der Waals surface area contributed by atoms with E-state index in [2.05, 4.69) is 33.0 Å². The maximum absolute atomic E-state index is 11.2. The van der Waals surface area contributed by atoms with Gasteiger partial charge in [0.1, 0.15) is 0 Å². The summed E-state index contributed by atoms with van der Waals surface area (Å²) < 4.78 is 1.07. The van der Waals surface area contributed by atoms with Gasteiger partial charge in [0.05, 0.1) is 6.54 Å². The third-order valence-corrected chi connectivity index (χ3v) is 3.97. The van der Waals surface area contributed by atoms with Crippen molar-refractivity contribution in [3.05, 3.63) is 34.3 Å². The summed E-state index contributed by atoms with van der Waals surface area (Å²) in [5.41, 5.74) is 6.57. The second-order valence-electron chi connectivity index (χ2n) is 4.94. The standard InChI is InChI=1S/C14H19BrN2O/c15-12-5-3-4-11(8-12)9-17(10-14(16)18)13-6-1-2-7-13/h3-5,8,13H,1-2,6-7,9-10H2,(H2,16,18). The molecule has 0 saturated heterocycles. The van der Waals surface area contributed by atoms with E-state index in [4.69, 9.17) is 5.73 Å². The number of nitrogens with zero attached hydrogens (tertiary/aromatic N) is 1. The van der Waals surface area contributed by atoms with Crippen molar-refractivity contribution in [1.29, 1.82) is 0 Å². The van der Waals surface area contributed by atoms with E-state index in [0.717, 1.165) is 11.0 Å². The normalized spacial score (nSPS) is 16.3. The third kappa shape index (κ3) is 3.82. The van der Waals surface area contributed by atoms with Crippen molar-refractivity contribution >= 4 is 21.8 Å². The highest BCUT2D eigenvalue weighted by atomic mass is 79.9. The predicted octanol–water partition coefficient (Wildman–Crippen LogP) is 2.68. The number of hydrogen-bond donors (Lipinski definition) is 1. The minimum atomic E-state index is -0.239. The summed E-state index contributed by atoms with van der Waals surface area (Å²) in [5, 5.41) is 0. The molecule has 18 heavy (non-hydrogen) atoms. The molecule has 1 fully saturated rings. The number of rotatable bonds is 5. The van der Waals surface area contributed by atoms with Gasteiger partial charge in [0.25, 0.3) is 0 Å². The highest BCUT2D eigenvalue weighted by Gasteiger charge is 2.23. The fourth-order valence-electron chi connectivity index (χ4n) is 2.65. The largest absolute Gasteiger partial charge is 0.369 e. The van der Waals surface area contributed by atoms with Crippen LogP contribution in [0.4, 0.5) is 0 Å². The molecule has 1 amide bonds. The number of carbonyl (C=O) groups is 1. The van der Waals surface area contributed by atoms with Crippen molar-refractivity contribution < 1.29 is 4.79 Å². The zero-order valence-electron chi connectivity index (χ0n) is 10.4. The molecule has 0 heterocycles. The summed E-state index contributed by atoms with van der Waals surface area (Å²) >= 11 is 3.48. The first-order valence-corrected chi connectivity index (χ1v) is 7.21. The molecular formula is C14H19BrN2O. The van der Waals surface area contributed by atoms with Crippen LogP contribution in [0.5, 0.6) is 0 Å². The van der Waals surface area contributed by atoms with Crippen LogP contribution >= 0.6 is 15.9 Å². The van der Waals surface area contributed by atoms with Crippen LogP contribution in [-0.2, 0) is 11.3 Å². The van der Waals surface area contributed by atoms with E-state index in [-0.39, 0.29) is 5.91 Å². The predicted molar refractivity (Wildman–Crippen MR) is 76.0 cm³/mol. The molecule has 0 radical (unpaired) electrons. The number of benzene rings is 1. The first-order chi connectivity index (χ1) is 8.65. The van der Waals surface area contributed by atoms with Gasteiger partial charge in [-0.3, -0.25) is 9.69 Å². The molecular weight excluding hydrogens is 292 g/mol. The van der Waals surface area contributed by atoms with Crippen LogP contribution in [0.15, 0.2) is 28.7 Å². The molecule has 3 nitrogen and oxygen atoms in total. The summed E-state index contributed by atoms with van der Waals surface area (Å²) in [6, 6.07) is 8.74. The van der Waals surface area contributed by atoms with Crippen molar-refractivity contribution in [3.8, 4) is 0 Å². The molecule has 4 heteroatoms. The first-order valence-electron chi connectivity index (χ1n) is 6.42. The zero-order valence-corrected chi connectivity index (χ0v) is 12.0. The van der Waals surface area contributed by atoms with Crippen LogP contribution in [0.25, 0.3) is 0 Å². The van der Waals surface area contributed by atoms with Crippen LogP contribution in [0.1, 0.15) is 31.2 Å². The van der Waals surface area contributed by atoms with Crippen LogP contribution < -0.4 is 5.73 Å². The van der Waals surface area contributed by atoms with Gasteiger partial charge >= 0.3 is 0 Å². The Labute approximate surface area is 116 Å². The fraction of sp³-hybridized carbons (Fsp3) is 0.500. The summed E-state index contributed by atoms with van der Waals surface area (Å²) in [7, 11) is 0. The Morgan fingerprint density at radius 1 is 1.39 bits per heavy atom. The Kier molecular flexibility index (Phi) is 4.78. The number of carbonyl (C=O) groups excluding carboxylic acids is 1. The van der Waals surface area contributed by atoms with Crippen molar-refractivity contribution in [1.82, 2.24) is 4.90 Å². The Morgan fingerprint density at radius 3 is 2.72 bits per heavy atom. The molecule has 1 aliphatic carbocycles. The van der Waals surface area contributed by atoms with Gasteiger partial charge in [-0.25, -0.2) is 0 Å². The van der Waals surface area contributed by atoms with Crippen molar-refractivity contribution in [3.63, 3.8) is 0 Å². The molecule has 0 bridgehead atoms. The average Bonchev–Trinajstić information content (AvgIpc) is 2.80. The Morgan fingerprint density at radius 2 is 2.11 bits per heavy atom. The molecule has 2 rings (SSSR count). The van der Waals surface area contributed by atoms with E-state index in [0.29, 0.717) is 12.6 Å². The van der Waals surface area contributed by atoms with E-state index < -0.39 is 0 Å². The van der Waals surface area contributed by atoms with Gasteiger partial charge in [0, 0.05) is 17.1 Å². The van der Waals surface area contributed by atoms with Crippen LogP contribution in [0, 0.1) is 0 Å². The number of hydrogen-bond acceptors (Lipinski definition) is 2. The molecule has 1 aromatic rings. The van der Waals surface area contributed by atoms with Gasteiger partial charge in [0.15, 0.2) is 0 Å². The van der Waals surface area contributed by atoms with Crippen LogP contribution in [0.3, 0.4) is 0 Å². The third-order valence-electron chi connectivity index (χ3n) is 3.47. The van der Waals surface area contributed by atoms with Crippen molar-refractivity contribution in [2.24, 2.45) is 5.73 Å². The van der Waals surface area contributed by atoms with E-state index in [9.17, 15) is 4.79 Å². The van der Waals surface area contributed by atoms with E-state index in [1.165, 1.54) is 31.2 Å². The first kappa shape index (κ1) is 13.6. The Bertz CT molecular complexity index is 416. The lowest BCUT2D eigenvalue weighted by Gasteiger charge is -2.27. The van der Waals surface area contributed by atoms with E-state index >= 15 is 0 Å². The SMILES string of the molecule is NC(=O)CN(Cc1cccc(Br)c1)C1CCCC1. The molecule has 0 unspecified atom stereocenters. The Balaban J connectivity index is 2.06. The lowest BCUT2D eigenvalue weighted by molar-refractivity contribution is -0.119. The molecule has 2 N–H and O–H groups in total. The summed E-state index contributed by atoms with van der Waals surface area (Å²) in [6.45, 7) is 1.16. The molecule has 0 atom stereocenters. The topological polar surface area (TPSA) is 46.3 Å².